The Morgan fingerprint density at radius 2 is 2.00 bits per heavy atom. The molecule has 4 rings (SSSR count). The van der Waals surface area contributed by atoms with Gasteiger partial charge in [-0.05, 0) is 12.5 Å². The third-order valence-corrected chi connectivity index (χ3v) is 5.71. The molecule has 4 heterocycles. The molecule has 1 amide bonds. The van der Waals surface area contributed by atoms with Crippen LogP contribution < -0.4 is 5.69 Å². The summed E-state index contributed by atoms with van der Waals surface area (Å²) in [5, 5.41) is 3.54. The molecule has 0 aliphatic carbocycles. The molecule has 32 heavy (non-hydrogen) atoms. The molecule has 0 aromatic carbocycles. The van der Waals surface area contributed by atoms with Crippen LogP contribution in [0.25, 0.3) is 0 Å². The van der Waals surface area contributed by atoms with Gasteiger partial charge in [-0.3, -0.25) is 19.1 Å². The van der Waals surface area contributed by atoms with E-state index in [-0.39, 0.29) is 35.9 Å². The Kier molecular flexibility index (Phi) is 5.34. The van der Waals surface area contributed by atoms with Crippen LogP contribution in [0.15, 0.2) is 17.1 Å². The van der Waals surface area contributed by atoms with Crippen LogP contribution in [-0.4, -0.2) is 54.9 Å². The smallest absolute Gasteiger partial charge is 0.335 e. The second-order valence-electron chi connectivity index (χ2n) is 7.63. The van der Waals surface area contributed by atoms with Crippen molar-refractivity contribution in [2.75, 3.05) is 13.1 Å². The molecular weight excluding hydrogens is 465 g/mol. The Morgan fingerprint density at radius 1 is 1.28 bits per heavy atom. The van der Waals surface area contributed by atoms with Crippen molar-refractivity contribution in [1.29, 1.82) is 0 Å². The molecule has 172 valence electrons. The van der Waals surface area contributed by atoms with Crippen LogP contribution in [0.3, 0.4) is 0 Å². The van der Waals surface area contributed by atoms with Crippen molar-refractivity contribution in [2.24, 2.45) is 0 Å². The Labute approximate surface area is 181 Å². The third-order valence-electron chi connectivity index (χ3n) is 5.39. The number of carbonyl (C=O) groups is 2. The van der Waals surface area contributed by atoms with Crippen LogP contribution >= 0.6 is 11.6 Å². The molecule has 1 fully saturated rings. The second kappa shape index (κ2) is 7.64. The van der Waals surface area contributed by atoms with Crippen molar-refractivity contribution in [2.45, 2.75) is 43.9 Å². The predicted octanol–water partition coefficient (Wildman–Crippen LogP) is 2.55. The van der Waals surface area contributed by atoms with E-state index in [1.165, 1.54) is 0 Å². The van der Waals surface area contributed by atoms with Crippen LogP contribution in [0, 0.1) is 0 Å². The Morgan fingerprint density at radius 3 is 2.59 bits per heavy atom. The second-order valence-corrected chi connectivity index (χ2v) is 8.03. The van der Waals surface area contributed by atoms with Gasteiger partial charge in [0.25, 0.3) is 5.92 Å². The topological polar surface area (TPSA) is 90.1 Å². The van der Waals surface area contributed by atoms with Gasteiger partial charge in [0.15, 0.2) is 5.78 Å². The largest absolute Gasteiger partial charge is 0.417 e. The van der Waals surface area contributed by atoms with Crippen LogP contribution in [0.4, 0.5) is 22.0 Å². The summed E-state index contributed by atoms with van der Waals surface area (Å²) in [6.45, 7) is -1.41. The fourth-order valence-electron chi connectivity index (χ4n) is 3.75. The minimum absolute atomic E-state index is 0.0579. The molecule has 2 aliphatic rings. The van der Waals surface area contributed by atoms with Crippen LogP contribution in [0.1, 0.15) is 47.2 Å². The van der Waals surface area contributed by atoms with Gasteiger partial charge in [0.1, 0.15) is 6.04 Å². The van der Waals surface area contributed by atoms with E-state index in [2.05, 4.69) is 10.1 Å². The first-order valence-corrected chi connectivity index (χ1v) is 9.86. The predicted molar refractivity (Wildman–Crippen MR) is 98.6 cm³/mol. The number of pyridine rings is 1. The molecule has 0 spiro atoms. The molecule has 0 unspecified atom stereocenters. The van der Waals surface area contributed by atoms with Gasteiger partial charge in [-0.2, -0.15) is 13.2 Å². The fourth-order valence-corrected chi connectivity index (χ4v) is 3.98. The molecule has 1 atom stereocenters. The quantitative estimate of drug-likeness (QED) is 0.631. The van der Waals surface area contributed by atoms with Gasteiger partial charge in [0, 0.05) is 25.6 Å². The van der Waals surface area contributed by atoms with E-state index in [0.29, 0.717) is 12.3 Å². The summed E-state index contributed by atoms with van der Waals surface area (Å²) in [6, 6.07) is -0.537. The lowest BCUT2D eigenvalue weighted by molar-refractivity contribution is -0.138. The number of amides is 1. The number of rotatable bonds is 3. The number of ketones is 1. The summed E-state index contributed by atoms with van der Waals surface area (Å²) in [4.78, 5) is 42.6. The maximum Gasteiger partial charge on any atom is 0.417 e. The van der Waals surface area contributed by atoms with Crippen LogP contribution in [0.5, 0.6) is 0 Å². The molecule has 8 nitrogen and oxygen atoms in total. The monoisotopic (exact) mass is 479 g/mol. The Bertz CT molecular complexity index is 1160. The van der Waals surface area contributed by atoms with Gasteiger partial charge in [0.2, 0.25) is 11.7 Å². The number of halogens is 6. The molecule has 0 N–H and O–H groups in total. The number of hydrogen-bond acceptors (Lipinski definition) is 5. The van der Waals surface area contributed by atoms with Crippen molar-refractivity contribution in [3.05, 3.63) is 44.9 Å². The number of Topliss-reactive ketones (excluding diaryl/α,β-unsaturated/α-hetero) is 1. The maximum atomic E-state index is 13.5. The number of fused-ring (bicyclic) bond motifs is 1. The zero-order valence-electron chi connectivity index (χ0n) is 16.2. The van der Waals surface area contributed by atoms with E-state index < -0.39 is 60.6 Å². The number of hydrogen-bond donors (Lipinski definition) is 0. The molecule has 2 aliphatic heterocycles. The van der Waals surface area contributed by atoms with Gasteiger partial charge >= 0.3 is 11.9 Å². The van der Waals surface area contributed by atoms with Crippen molar-refractivity contribution in [3.63, 3.8) is 0 Å². The highest BCUT2D eigenvalue weighted by Gasteiger charge is 2.44. The highest BCUT2D eigenvalue weighted by atomic mass is 35.5. The normalized spacial score (nSPS) is 20.5. The summed E-state index contributed by atoms with van der Waals surface area (Å²) in [5.41, 5.74) is -2.08. The molecule has 2 aromatic rings. The first-order valence-electron chi connectivity index (χ1n) is 9.48. The van der Waals surface area contributed by atoms with E-state index >= 15 is 0 Å². The van der Waals surface area contributed by atoms with E-state index in [0.717, 1.165) is 14.1 Å². The number of nitrogens with zero attached hydrogens (tertiary/aromatic N) is 5. The number of carbonyl (C=O) groups excluding carboxylic acids is 2. The van der Waals surface area contributed by atoms with Crippen molar-refractivity contribution in [1.82, 2.24) is 24.2 Å². The number of alkyl halides is 5. The van der Waals surface area contributed by atoms with E-state index in [9.17, 15) is 36.3 Å². The molecule has 1 saturated heterocycles. The fraction of sp³-hybridized carbons (Fsp3) is 0.500. The van der Waals surface area contributed by atoms with E-state index in [4.69, 9.17) is 11.6 Å². The highest BCUT2D eigenvalue weighted by Crippen LogP contribution is 2.32. The van der Waals surface area contributed by atoms with Gasteiger partial charge in [0.05, 0.1) is 29.4 Å². The van der Waals surface area contributed by atoms with E-state index in [1.54, 1.807) is 0 Å². The summed E-state index contributed by atoms with van der Waals surface area (Å²) in [7, 11) is 0. The zero-order valence-corrected chi connectivity index (χ0v) is 17.0. The standard InChI is InChI=1S/C18H15ClF5N5O3/c19-10-5-9(18(22,23)24)6-25-11(10)7-28-16(32)29-12(1-2-13(30)14(29)26-28)15(31)27-4-3-17(20,21)8-27/h5-6,12H,1-4,7-8H2/t12-/m0/s1. The zero-order chi connectivity index (χ0) is 23.4. The van der Waals surface area contributed by atoms with Crippen molar-refractivity contribution < 1.29 is 31.5 Å². The number of likely N-dealkylation sites (tertiary alicyclic amines) is 1. The van der Waals surface area contributed by atoms with Crippen LogP contribution in [0.2, 0.25) is 5.02 Å². The number of aromatic nitrogens is 4. The SMILES string of the molecule is O=C1CC[C@@H](C(=O)N2CCC(F)(F)C2)n2c1nn(Cc1ncc(C(F)(F)F)cc1Cl)c2=O. The first-order chi connectivity index (χ1) is 14.9. The highest BCUT2D eigenvalue weighted by molar-refractivity contribution is 6.31. The van der Waals surface area contributed by atoms with Gasteiger partial charge in [-0.15, -0.1) is 5.10 Å². The summed E-state index contributed by atoms with van der Waals surface area (Å²) in [5.74, 6) is -4.59. The average molecular weight is 480 g/mol. The lowest BCUT2D eigenvalue weighted by Crippen LogP contribution is -2.43. The van der Waals surface area contributed by atoms with Crippen molar-refractivity contribution in [3.8, 4) is 0 Å². The Balaban J connectivity index is 1.65. The molecular formula is C18H15ClF5N5O3. The maximum absolute atomic E-state index is 13.5. The average Bonchev–Trinajstić information content (AvgIpc) is 3.23. The van der Waals surface area contributed by atoms with Crippen LogP contribution in [-0.2, 0) is 17.5 Å². The molecule has 14 heteroatoms. The minimum atomic E-state index is -4.66. The molecule has 0 saturated carbocycles. The first kappa shape index (κ1) is 22.4. The minimum Gasteiger partial charge on any atom is -0.335 e. The molecule has 0 bridgehead atoms. The van der Waals surface area contributed by atoms with Gasteiger partial charge in [-0.1, -0.05) is 11.6 Å². The van der Waals surface area contributed by atoms with Gasteiger partial charge < -0.3 is 4.90 Å². The van der Waals surface area contributed by atoms with E-state index in [1.807, 2.05) is 0 Å². The summed E-state index contributed by atoms with van der Waals surface area (Å²) in [6.07, 6.45) is -4.78. The van der Waals surface area contributed by atoms with Gasteiger partial charge in [-0.25, -0.2) is 18.3 Å². The lowest BCUT2D eigenvalue weighted by Gasteiger charge is -2.26. The Hall–Kier alpha value is -2.83. The van der Waals surface area contributed by atoms with Crippen molar-refractivity contribution >= 4 is 23.3 Å². The summed E-state index contributed by atoms with van der Waals surface area (Å²) < 4.78 is 67.0. The molecule has 2 aromatic heterocycles. The third kappa shape index (κ3) is 4.00. The lowest BCUT2D eigenvalue weighted by atomic mass is 10.0. The molecule has 0 radical (unpaired) electrons. The summed E-state index contributed by atoms with van der Waals surface area (Å²) >= 11 is 5.87.